The molecular weight excluding hydrogens is 233 g/mol. The summed E-state index contributed by atoms with van der Waals surface area (Å²) < 4.78 is 13.6. The van der Waals surface area contributed by atoms with Crippen LogP contribution >= 0.6 is 0 Å². The zero-order valence-corrected chi connectivity index (χ0v) is 10.5. The van der Waals surface area contributed by atoms with Gasteiger partial charge in [0.05, 0.1) is 5.56 Å². The molecule has 96 valence electrons. The number of amides is 1. The fourth-order valence-corrected chi connectivity index (χ4v) is 1.55. The minimum Gasteiger partial charge on any atom is -0.384 e. The molecule has 0 heterocycles. The number of carbonyl (C=O) groups is 1. The molecule has 0 aromatic heterocycles. The van der Waals surface area contributed by atoms with Gasteiger partial charge in [-0.15, -0.1) is 0 Å². The van der Waals surface area contributed by atoms with E-state index in [2.05, 4.69) is 11.8 Å². The molecule has 1 amide bonds. The Bertz CT molecular complexity index is 488. The van der Waals surface area contributed by atoms with E-state index in [0.29, 0.717) is 12.1 Å². The van der Waals surface area contributed by atoms with E-state index in [-0.39, 0.29) is 18.1 Å². The smallest absolute Gasteiger partial charge is 0.256 e. The van der Waals surface area contributed by atoms with Gasteiger partial charge < -0.3 is 10.0 Å². The maximum absolute atomic E-state index is 13.6. The highest BCUT2D eigenvalue weighted by Crippen LogP contribution is 2.12. The molecule has 0 aliphatic carbocycles. The molecule has 18 heavy (non-hydrogen) atoms. The first-order valence-electron chi connectivity index (χ1n) is 5.75. The van der Waals surface area contributed by atoms with E-state index >= 15 is 0 Å². The van der Waals surface area contributed by atoms with Crippen molar-refractivity contribution in [3.05, 3.63) is 35.1 Å². The molecule has 1 N–H and O–H groups in total. The number of halogens is 1. The number of nitrogens with zero attached hydrogens (tertiary/aromatic N) is 1. The van der Waals surface area contributed by atoms with E-state index in [9.17, 15) is 9.18 Å². The van der Waals surface area contributed by atoms with Crippen molar-refractivity contribution >= 4 is 5.91 Å². The Morgan fingerprint density at radius 3 is 2.83 bits per heavy atom. The monoisotopic (exact) mass is 249 g/mol. The Morgan fingerprint density at radius 2 is 2.22 bits per heavy atom. The second-order valence-corrected chi connectivity index (χ2v) is 3.88. The lowest BCUT2D eigenvalue weighted by Crippen LogP contribution is -2.28. The van der Waals surface area contributed by atoms with Crippen LogP contribution in [-0.2, 0) is 0 Å². The number of aliphatic hydroxyl groups is 1. The molecule has 0 spiro atoms. The van der Waals surface area contributed by atoms with E-state index in [4.69, 9.17) is 5.11 Å². The third-order valence-corrected chi connectivity index (χ3v) is 2.41. The molecule has 4 heteroatoms. The molecule has 1 aromatic carbocycles. The van der Waals surface area contributed by atoms with Gasteiger partial charge in [0.1, 0.15) is 12.4 Å². The Hall–Kier alpha value is -1.86. The highest BCUT2D eigenvalue weighted by molar-refractivity contribution is 5.94. The third kappa shape index (κ3) is 3.57. The SMILES string of the molecule is CCCN(C)C(=O)c1cc(C#CCO)ccc1F. The number of hydrogen-bond donors (Lipinski definition) is 1. The van der Waals surface area contributed by atoms with Crippen LogP contribution in [0.4, 0.5) is 4.39 Å². The van der Waals surface area contributed by atoms with Crippen LogP contribution in [0.15, 0.2) is 18.2 Å². The molecule has 0 atom stereocenters. The minimum absolute atomic E-state index is 0.00990. The van der Waals surface area contributed by atoms with E-state index < -0.39 is 5.82 Å². The van der Waals surface area contributed by atoms with Gasteiger partial charge >= 0.3 is 0 Å². The molecule has 1 rings (SSSR count). The average molecular weight is 249 g/mol. The van der Waals surface area contributed by atoms with E-state index in [1.165, 1.54) is 23.1 Å². The fourth-order valence-electron chi connectivity index (χ4n) is 1.55. The van der Waals surface area contributed by atoms with Crippen LogP contribution in [0, 0.1) is 17.7 Å². The number of rotatable bonds is 3. The second-order valence-electron chi connectivity index (χ2n) is 3.88. The summed E-state index contributed by atoms with van der Waals surface area (Å²) in [5.74, 6) is 4.20. The second kappa shape index (κ2) is 6.77. The molecule has 0 unspecified atom stereocenters. The summed E-state index contributed by atoms with van der Waals surface area (Å²) in [5.41, 5.74) is 0.523. The highest BCUT2D eigenvalue weighted by Gasteiger charge is 2.15. The molecule has 3 nitrogen and oxygen atoms in total. The number of benzene rings is 1. The van der Waals surface area contributed by atoms with Crippen molar-refractivity contribution in [2.45, 2.75) is 13.3 Å². The number of aliphatic hydroxyl groups excluding tert-OH is 1. The van der Waals surface area contributed by atoms with Crippen molar-refractivity contribution in [2.24, 2.45) is 0 Å². The summed E-state index contributed by atoms with van der Waals surface area (Å²) >= 11 is 0. The van der Waals surface area contributed by atoms with Crippen molar-refractivity contribution in [1.82, 2.24) is 4.90 Å². The van der Waals surface area contributed by atoms with Crippen molar-refractivity contribution in [1.29, 1.82) is 0 Å². The Morgan fingerprint density at radius 1 is 1.50 bits per heavy atom. The molecule has 0 radical (unpaired) electrons. The predicted octanol–water partition coefficient (Wildman–Crippen LogP) is 1.65. The molecule has 1 aromatic rings. The Labute approximate surface area is 106 Å². The van der Waals surface area contributed by atoms with Crippen LogP contribution in [0.5, 0.6) is 0 Å². The Balaban J connectivity index is 3.03. The molecule has 0 bridgehead atoms. The normalized spacial score (nSPS) is 9.56. The maximum atomic E-state index is 13.6. The first-order chi connectivity index (χ1) is 8.60. The van der Waals surface area contributed by atoms with Gasteiger partial charge in [0.15, 0.2) is 0 Å². The van der Waals surface area contributed by atoms with Gasteiger partial charge in [-0.3, -0.25) is 4.79 Å². The molecule has 0 aliphatic heterocycles. The van der Waals surface area contributed by atoms with Gasteiger partial charge in [0.2, 0.25) is 0 Å². The van der Waals surface area contributed by atoms with Crippen LogP contribution in [0.1, 0.15) is 29.3 Å². The highest BCUT2D eigenvalue weighted by atomic mass is 19.1. The van der Waals surface area contributed by atoms with Gasteiger partial charge in [0.25, 0.3) is 5.91 Å². The maximum Gasteiger partial charge on any atom is 0.256 e. The predicted molar refractivity (Wildman–Crippen MR) is 67.6 cm³/mol. The lowest BCUT2D eigenvalue weighted by atomic mass is 10.1. The first-order valence-corrected chi connectivity index (χ1v) is 5.75. The minimum atomic E-state index is -0.558. The van der Waals surface area contributed by atoms with Crippen LogP contribution in [0.2, 0.25) is 0 Å². The molecule has 0 fully saturated rings. The fraction of sp³-hybridized carbons (Fsp3) is 0.357. The largest absolute Gasteiger partial charge is 0.384 e. The number of carbonyl (C=O) groups excluding carboxylic acids is 1. The van der Waals surface area contributed by atoms with Gasteiger partial charge in [-0.1, -0.05) is 18.8 Å². The molecule has 0 saturated carbocycles. The quantitative estimate of drug-likeness (QED) is 0.827. The van der Waals surface area contributed by atoms with Crippen molar-refractivity contribution in [2.75, 3.05) is 20.2 Å². The lowest BCUT2D eigenvalue weighted by molar-refractivity contribution is 0.0790. The summed E-state index contributed by atoms with van der Waals surface area (Å²) in [4.78, 5) is 13.4. The van der Waals surface area contributed by atoms with Gasteiger partial charge in [-0.05, 0) is 24.6 Å². The van der Waals surface area contributed by atoms with Crippen molar-refractivity contribution < 1.29 is 14.3 Å². The van der Waals surface area contributed by atoms with Crippen molar-refractivity contribution in [3.63, 3.8) is 0 Å². The third-order valence-electron chi connectivity index (χ3n) is 2.41. The van der Waals surface area contributed by atoms with Crippen molar-refractivity contribution in [3.8, 4) is 11.8 Å². The summed E-state index contributed by atoms with van der Waals surface area (Å²) in [6.07, 6.45) is 0.813. The average Bonchev–Trinajstić information content (AvgIpc) is 2.37. The summed E-state index contributed by atoms with van der Waals surface area (Å²) in [7, 11) is 1.64. The first kappa shape index (κ1) is 14.2. The van der Waals surface area contributed by atoms with E-state index in [1.54, 1.807) is 7.05 Å². The standard InChI is InChI=1S/C14H16FNO2/c1-3-8-16(2)14(18)12-10-11(5-4-9-17)6-7-13(12)15/h6-7,10,17H,3,8-9H2,1-2H3. The van der Waals surface area contributed by atoms with E-state index in [0.717, 1.165) is 6.42 Å². The van der Waals surface area contributed by atoms with Gasteiger partial charge in [-0.25, -0.2) is 4.39 Å². The number of hydrogen-bond acceptors (Lipinski definition) is 2. The Kier molecular flexibility index (Phi) is 5.34. The summed E-state index contributed by atoms with van der Waals surface area (Å²) in [6, 6.07) is 4.11. The zero-order valence-electron chi connectivity index (χ0n) is 10.5. The zero-order chi connectivity index (χ0) is 13.5. The summed E-state index contributed by atoms with van der Waals surface area (Å²) in [5, 5.41) is 8.60. The molecule has 0 aliphatic rings. The topological polar surface area (TPSA) is 40.5 Å². The van der Waals surface area contributed by atoms with E-state index in [1.807, 2.05) is 6.92 Å². The lowest BCUT2D eigenvalue weighted by Gasteiger charge is -2.16. The van der Waals surface area contributed by atoms with Crippen LogP contribution in [0.3, 0.4) is 0 Å². The summed E-state index contributed by atoms with van der Waals surface area (Å²) in [6.45, 7) is 2.25. The van der Waals surface area contributed by atoms with Crippen LogP contribution < -0.4 is 0 Å². The van der Waals surface area contributed by atoms with Crippen LogP contribution in [-0.4, -0.2) is 36.1 Å². The molecular formula is C14H16FNO2. The van der Waals surface area contributed by atoms with Gasteiger partial charge in [0, 0.05) is 19.2 Å². The van der Waals surface area contributed by atoms with Crippen LogP contribution in [0.25, 0.3) is 0 Å². The molecule has 0 saturated heterocycles. The van der Waals surface area contributed by atoms with Gasteiger partial charge in [-0.2, -0.15) is 0 Å².